The summed E-state index contributed by atoms with van der Waals surface area (Å²) in [6, 6.07) is 0. The summed E-state index contributed by atoms with van der Waals surface area (Å²) in [4.78, 5) is 0. The third-order valence-corrected chi connectivity index (χ3v) is 4.27. The summed E-state index contributed by atoms with van der Waals surface area (Å²) in [5, 5.41) is 0. The molecule has 0 aromatic rings. The molecule has 0 bridgehead atoms. The van der Waals surface area contributed by atoms with Crippen molar-refractivity contribution >= 4 is 0 Å². The van der Waals surface area contributed by atoms with E-state index in [-0.39, 0.29) is 0 Å². The Balaban J connectivity index is 3.08. The second-order valence-electron chi connectivity index (χ2n) is 6.63. The van der Waals surface area contributed by atoms with Gasteiger partial charge < -0.3 is 0 Å². The fourth-order valence-corrected chi connectivity index (χ4v) is 2.73. The first-order valence-corrected chi connectivity index (χ1v) is 10.2. The summed E-state index contributed by atoms with van der Waals surface area (Å²) in [6.07, 6.45) is 31.5. The maximum Gasteiger partial charge on any atom is -0.0351 e. The fourth-order valence-electron chi connectivity index (χ4n) is 2.73. The van der Waals surface area contributed by atoms with Gasteiger partial charge in [-0.15, -0.1) is 0 Å². The second kappa shape index (κ2) is 20.5. The Morgan fingerprint density at radius 1 is 0.364 bits per heavy atom. The smallest absolute Gasteiger partial charge is 0.0351 e. The van der Waals surface area contributed by atoms with Gasteiger partial charge in [0.05, 0.1) is 0 Å². The zero-order valence-corrected chi connectivity index (χ0v) is 15.6. The van der Waals surface area contributed by atoms with Crippen molar-refractivity contribution in [2.75, 3.05) is 0 Å². The fraction of sp³-hybridized carbons (Fsp3) is 0.818. The average Bonchev–Trinajstić information content (AvgIpc) is 2.54. The SMILES string of the molecule is CCCCCC=CCCCCCCCCC=CCCCCC. The number of hydrogen-bond donors (Lipinski definition) is 0. The zero-order valence-electron chi connectivity index (χ0n) is 15.6. The molecule has 0 N–H and O–H groups in total. The van der Waals surface area contributed by atoms with Crippen molar-refractivity contribution in [1.29, 1.82) is 0 Å². The third kappa shape index (κ3) is 19.5. The molecule has 0 amide bonds. The lowest BCUT2D eigenvalue weighted by atomic mass is 10.1. The molecular weight excluding hydrogens is 264 g/mol. The van der Waals surface area contributed by atoms with Gasteiger partial charge in [0.15, 0.2) is 0 Å². The van der Waals surface area contributed by atoms with Gasteiger partial charge in [0.25, 0.3) is 0 Å². The molecule has 0 aliphatic carbocycles. The van der Waals surface area contributed by atoms with E-state index in [0.717, 1.165) is 0 Å². The molecule has 0 unspecified atom stereocenters. The van der Waals surface area contributed by atoms with Gasteiger partial charge in [-0.1, -0.05) is 89.5 Å². The molecular formula is C22H42. The van der Waals surface area contributed by atoms with Gasteiger partial charge >= 0.3 is 0 Å². The summed E-state index contributed by atoms with van der Waals surface area (Å²) in [7, 11) is 0. The molecule has 0 aliphatic rings. The predicted octanol–water partition coefficient (Wildman–Crippen LogP) is 8.38. The number of rotatable bonds is 17. The molecule has 0 rings (SSSR count). The quantitative estimate of drug-likeness (QED) is 0.187. The Kier molecular flexibility index (Phi) is 20.0. The Bertz CT molecular complexity index is 210. The standard InChI is InChI=1S/C22H42/c1-3-5-7-9-11-13-15-17-19-21-22-20-18-16-14-12-10-8-6-4-2/h11-14H,3-10,15-22H2,1-2H3. The highest BCUT2D eigenvalue weighted by atomic mass is 14.0. The molecule has 0 aromatic carbocycles. The molecule has 0 radical (unpaired) electrons. The van der Waals surface area contributed by atoms with Crippen molar-refractivity contribution in [2.24, 2.45) is 0 Å². The Labute approximate surface area is 141 Å². The zero-order chi connectivity index (χ0) is 16.1. The first kappa shape index (κ1) is 21.5. The maximum absolute atomic E-state index is 2.40. The van der Waals surface area contributed by atoms with Gasteiger partial charge in [-0.05, 0) is 51.4 Å². The van der Waals surface area contributed by atoms with Crippen LogP contribution in [0.25, 0.3) is 0 Å². The van der Waals surface area contributed by atoms with E-state index in [2.05, 4.69) is 38.2 Å². The molecule has 0 spiro atoms. The average molecular weight is 307 g/mol. The first-order valence-electron chi connectivity index (χ1n) is 10.2. The lowest BCUT2D eigenvalue weighted by Gasteiger charge is -1.99. The van der Waals surface area contributed by atoms with E-state index >= 15 is 0 Å². The van der Waals surface area contributed by atoms with Gasteiger partial charge in [-0.3, -0.25) is 0 Å². The van der Waals surface area contributed by atoms with Crippen LogP contribution in [0.1, 0.15) is 117 Å². The molecule has 0 fully saturated rings. The molecule has 22 heavy (non-hydrogen) atoms. The van der Waals surface area contributed by atoms with Gasteiger partial charge in [-0.25, -0.2) is 0 Å². The monoisotopic (exact) mass is 306 g/mol. The topological polar surface area (TPSA) is 0 Å². The molecule has 0 aromatic heterocycles. The normalized spacial score (nSPS) is 11.9. The van der Waals surface area contributed by atoms with Crippen molar-refractivity contribution < 1.29 is 0 Å². The minimum Gasteiger partial charge on any atom is -0.0885 e. The van der Waals surface area contributed by atoms with Gasteiger partial charge in [0, 0.05) is 0 Å². The van der Waals surface area contributed by atoms with Gasteiger partial charge in [-0.2, -0.15) is 0 Å². The molecule has 0 aliphatic heterocycles. The molecule has 0 atom stereocenters. The van der Waals surface area contributed by atoms with Crippen molar-refractivity contribution in [3.05, 3.63) is 24.3 Å². The molecule has 0 heterocycles. The van der Waals surface area contributed by atoms with Crippen LogP contribution >= 0.6 is 0 Å². The summed E-state index contributed by atoms with van der Waals surface area (Å²) >= 11 is 0. The van der Waals surface area contributed by atoms with E-state index in [9.17, 15) is 0 Å². The molecule has 0 saturated carbocycles. The van der Waals surface area contributed by atoms with Crippen LogP contribution in [-0.4, -0.2) is 0 Å². The predicted molar refractivity (Wildman–Crippen MR) is 104 cm³/mol. The van der Waals surface area contributed by atoms with Crippen molar-refractivity contribution in [2.45, 2.75) is 117 Å². The van der Waals surface area contributed by atoms with Crippen LogP contribution in [0, 0.1) is 0 Å². The second-order valence-corrected chi connectivity index (χ2v) is 6.63. The molecule has 0 saturated heterocycles. The number of hydrogen-bond acceptors (Lipinski definition) is 0. The largest absolute Gasteiger partial charge is 0.0885 e. The van der Waals surface area contributed by atoms with Crippen molar-refractivity contribution in [3.63, 3.8) is 0 Å². The van der Waals surface area contributed by atoms with Gasteiger partial charge in [0.2, 0.25) is 0 Å². The summed E-state index contributed by atoms with van der Waals surface area (Å²) in [6.45, 7) is 4.54. The van der Waals surface area contributed by atoms with E-state index < -0.39 is 0 Å². The Morgan fingerprint density at radius 2 is 0.636 bits per heavy atom. The van der Waals surface area contributed by atoms with Crippen LogP contribution < -0.4 is 0 Å². The lowest BCUT2D eigenvalue weighted by Crippen LogP contribution is -1.79. The van der Waals surface area contributed by atoms with Crippen LogP contribution in [-0.2, 0) is 0 Å². The highest BCUT2D eigenvalue weighted by Crippen LogP contribution is 2.10. The van der Waals surface area contributed by atoms with Crippen LogP contribution in [0.15, 0.2) is 24.3 Å². The summed E-state index contributed by atoms with van der Waals surface area (Å²) in [5.74, 6) is 0. The molecule has 130 valence electrons. The van der Waals surface area contributed by atoms with E-state index in [1.54, 1.807) is 0 Å². The highest BCUT2D eigenvalue weighted by Gasteiger charge is 1.90. The highest BCUT2D eigenvalue weighted by molar-refractivity contribution is 4.82. The van der Waals surface area contributed by atoms with Crippen LogP contribution in [0.5, 0.6) is 0 Å². The first-order chi connectivity index (χ1) is 10.9. The molecule has 0 nitrogen and oxygen atoms in total. The Hall–Kier alpha value is -0.520. The van der Waals surface area contributed by atoms with Crippen molar-refractivity contribution in [3.8, 4) is 0 Å². The van der Waals surface area contributed by atoms with E-state index in [1.165, 1.54) is 103 Å². The number of unbranched alkanes of at least 4 members (excludes halogenated alkanes) is 13. The Morgan fingerprint density at radius 3 is 0.955 bits per heavy atom. The maximum atomic E-state index is 2.40. The summed E-state index contributed by atoms with van der Waals surface area (Å²) in [5.41, 5.74) is 0. The number of allylic oxidation sites excluding steroid dienone is 4. The minimum absolute atomic E-state index is 1.29. The lowest BCUT2D eigenvalue weighted by molar-refractivity contribution is 0.599. The van der Waals surface area contributed by atoms with Gasteiger partial charge in [0.1, 0.15) is 0 Å². The molecule has 0 heteroatoms. The van der Waals surface area contributed by atoms with E-state index in [1.807, 2.05) is 0 Å². The van der Waals surface area contributed by atoms with Crippen LogP contribution in [0.3, 0.4) is 0 Å². The minimum atomic E-state index is 1.29. The van der Waals surface area contributed by atoms with E-state index in [4.69, 9.17) is 0 Å². The van der Waals surface area contributed by atoms with Crippen molar-refractivity contribution in [1.82, 2.24) is 0 Å². The third-order valence-electron chi connectivity index (χ3n) is 4.27. The summed E-state index contributed by atoms with van der Waals surface area (Å²) < 4.78 is 0. The van der Waals surface area contributed by atoms with Crippen LogP contribution in [0.2, 0.25) is 0 Å². The van der Waals surface area contributed by atoms with Crippen LogP contribution in [0.4, 0.5) is 0 Å². The van der Waals surface area contributed by atoms with E-state index in [0.29, 0.717) is 0 Å².